The zero-order chi connectivity index (χ0) is 21.1. The lowest BCUT2D eigenvalue weighted by molar-refractivity contribution is -0.154. The first-order chi connectivity index (χ1) is 13.9. The van der Waals surface area contributed by atoms with Gasteiger partial charge in [0.2, 0.25) is 0 Å². The van der Waals surface area contributed by atoms with Crippen LogP contribution in [0.15, 0.2) is 6.20 Å². The Morgan fingerprint density at radius 2 is 1.79 bits per heavy atom. The standard InChI is InChI=1S/C22H27NO6/c1-4-6-21(8-9-21)19(24)27-13-16-12-23-15(3)18(29-26)17(16)14-28-20(25)22(7-5-2)10-11-22/h1,12,26H,5-11,13-14H2,2-3H3. The third-order valence-electron chi connectivity index (χ3n) is 5.94. The van der Waals surface area contributed by atoms with Crippen molar-refractivity contribution in [1.29, 1.82) is 0 Å². The summed E-state index contributed by atoms with van der Waals surface area (Å²) in [6.07, 6.45) is 12.1. The number of carbonyl (C=O) groups is 2. The molecule has 3 rings (SSSR count). The molecule has 2 aliphatic carbocycles. The predicted molar refractivity (Wildman–Crippen MR) is 104 cm³/mol. The number of aromatic nitrogens is 1. The van der Waals surface area contributed by atoms with Crippen molar-refractivity contribution in [1.82, 2.24) is 4.98 Å². The number of hydrogen-bond acceptors (Lipinski definition) is 7. The minimum atomic E-state index is -0.575. The second-order valence-corrected chi connectivity index (χ2v) is 8.11. The van der Waals surface area contributed by atoms with Crippen LogP contribution < -0.4 is 4.89 Å². The van der Waals surface area contributed by atoms with Crippen LogP contribution in [0.25, 0.3) is 0 Å². The van der Waals surface area contributed by atoms with E-state index in [1.807, 2.05) is 6.92 Å². The highest BCUT2D eigenvalue weighted by Gasteiger charge is 2.51. The van der Waals surface area contributed by atoms with Gasteiger partial charge >= 0.3 is 11.9 Å². The molecule has 7 nitrogen and oxygen atoms in total. The van der Waals surface area contributed by atoms with Gasteiger partial charge in [-0.2, -0.15) is 0 Å². The zero-order valence-corrected chi connectivity index (χ0v) is 17.0. The molecule has 0 spiro atoms. The number of esters is 2. The van der Waals surface area contributed by atoms with E-state index < -0.39 is 5.41 Å². The first-order valence-electron chi connectivity index (χ1n) is 9.98. The van der Waals surface area contributed by atoms with E-state index in [1.54, 1.807) is 6.92 Å². The molecule has 0 atom stereocenters. The molecule has 1 aromatic heterocycles. The Bertz CT molecular complexity index is 832. The molecular weight excluding hydrogens is 374 g/mol. The van der Waals surface area contributed by atoms with E-state index >= 15 is 0 Å². The topological polar surface area (TPSA) is 95.0 Å². The minimum Gasteiger partial charge on any atom is -0.460 e. The van der Waals surface area contributed by atoms with Gasteiger partial charge < -0.3 is 14.4 Å². The number of aryl methyl sites for hydroxylation is 1. The Morgan fingerprint density at radius 3 is 2.34 bits per heavy atom. The highest BCUT2D eigenvalue weighted by atomic mass is 17.1. The molecule has 0 aromatic carbocycles. The molecule has 7 heteroatoms. The van der Waals surface area contributed by atoms with Crippen LogP contribution in [0.3, 0.4) is 0 Å². The molecule has 2 fully saturated rings. The number of pyridine rings is 1. The van der Waals surface area contributed by atoms with E-state index in [9.17, 15) is 14.8 Å². The number of hydrogen-bond donors (Lipinski definition) is 1. The Labute approximate surface area is 170 Å². The van der Waals surface area contributed by atoms with Crippen LogP contribution in [0.1, 0.15) is 68.7 Å². The summed E-state index contributed by atoms with van der Waals surface area (Å²) in [6, 6.07) is 0. The second kappa shape index (κ2) is 8.42. The summed E-state index contributed by atoms with van der Waals surface area (Å²) in [5.74, 6) is 2.05. The second-order valence-electron chi connectivity index (χ2n) is 8.11. The Hall–Kier alpha value is -2.59. The van der Waals surface area contributed by atoms with Crippen molar-refractivity contribution in [3.8, 4) is 18.1 Å². The zero-order valence-electron chi connectivity index (χ0n) is 17.0. The van der Waals surface area contributed by atoms with Crippen LogP contribution in [0.4, 0.5) is 0 Å². The smallest absolute Gasteiger partial charge is 0.313 e. The third kappa shape index (κ3) is 4.38. The van der Waals surface area contributed by atoms with Crippen molar-refractivity contribution in [2.24, 2.45) is 10.8 Å². The van der Waals surface area contributed by atoms with E-state index in [4.69, 9.17) is 15.9 Å². The lowest BCUT2D eigenvalue weighted by atomic mass is 10.0. The number of nitrogens with zero attached hydrogens (tertiary/aromatic N) is 1. The number of rotatable bonds is 10. The first-order valence-corrected chi connectivity index (χ1v) is 9.98. The maximum atomic E-state index is 12.5. The average molecular weight is 401 g/mol. The van der Waals surface area contributed by atoms with Gasteiger partial charge in [-0.25, -0.2) is 5.26 Å². The molecule has 0 bridgehead atoms. The van der Waals surface area contributed by atoms with Crippen LogP contribution in [-0.2, 0) is 32.3 Å². The molecule has 0 radical (unpaired) electrons. The molecule has 2 aliphatic rings. The van der Waals surface area contributed by atoms with E-state index in [1.165, 1.54) is 6.20 Å². The number of carbonyl (C=O) groups excluding carboxylic acids is 2. The molecule has 0 saturated heterocycles. The molecule has 0 amide bonds. The van der Waals surface area contributed by atoms with Gasteiger partial charge in [-0.15, -0.1) is 12.3 Å². The van der Waals surface area contributed by atoms with Gasteiger partial charge in [0, 0.05) is 23.7 Å². The molecule has 156 valence electrons. The van der Waals surface area contributed by atoms with Crippen molar-refractivity contribution in [2.75, 3.05) is 0 Å². The van der Waals surface area contributed by atoms with E-state index in [2.05, 4.69) is 15.8 Å². The maximum Gasteiger partial charge on any atom is 0.313 e. The van der Waals surface area contributed by atoms with Gasteiger partial charge in [-0.05, 0) is 39.0 Å². The van der Waals surface area contributed by atoms with Crippen LogP contribution in [0.2, 0.25) is 0 Å². The van der Waals surface area contributed by atoms with Crippen molar-refractivity contribution < 1.29 is 29.2 Å². The molecule has 1 aromatic rings. The fraction of sp³-hybridized carbons (Fsp3) is 0.591. The van der Waals surface area contributed by atoms with Gasteiger partial charge in [-0.3, -0.25) is 14.6 Å². The maximum absolute atomic E-state index is 12.5. The van der Waals surface area contributed by atoms with Crippen LogP contribution in [0.5, 0.6) is 5.75 Å². The third-order valence-corrected chi connectivity index (χ3v) is 5.94. The molecule has 0 aliphatic heterocycles. The summed E-state index contributed by atoms with van der Waals surface area (Å²) < 4.78 is 11.0. The molecule has 1 heterocycles. The molecule has 2 saturated carbocycles. The minimum absolute atomic E-state index is 0.0677. The predicted octanol–water partition coefficient (Wildman–Crippen LogP) is 3.71. The van der Waals surface area contributed by atoms with Gasteiger partial charge in [0.1, 0.15) is 13.2 Å². The van der Waals surface area contributed by atoms with Crippen molar-refractivity contribution in [3.63, 3.8) is 0 Å². The Kier molecular flexibility index (Phi) is 6.13. The largest absolute Gasteiger partial charge is 0.460 e. The fourth-order valence-electron chi connectivity index (χ4n) is 3.65. The highest BCUT2D eigenvalue weighted by Crippen LogP contribution is 2.51. The monoisotopic (exact) mass is 401 g/mol. The number of terminal acetylenes is 1. The fourth-order valence-corrected chi connectivity index (χ4v) is 3.65. The lowest BCUT2D eigenvalue weighted by Gasteiger charge is -2.18. The van der Waals surface area contributed by atoms with Crippen LogP contribution in [0, 0.1) is 30.1 Å². The summed E-state index contributed by atoms with van der Waals surface area (Å²) in [7, 11) is 0. The van der Waals surface area contributed by atoms with Gasteiger partial charge in [0.15, 0.2) is 5.75 Å². The summed E-state index contributed by atoms with van der Waals surface area (Å²) >= 11 is 0. The average Bonchev–Trinajstić information content (AvgIpc) is 3.62. The summed E-state index contributed by atoms with van der Waals surface area (Å²) in [4.78, 5) is 33.6. The Balaban J connectivity index is 1.71. The highest BCUT2D eigenvalue weighted by molar-refractivity contribution is 5.80. The van der Waals surface area contributed by atoms with E-state index in [-0.39, 0.29) is 36.3 Å². The van der Waals surface area contributed by atoms with Crippen molar-refractivity contribution in [2.45, 2.75) is 72.0 Å². The van der Waals surface area contributed by atoms with Crippen molar-refractivity contribution in [3.05, 3.63) is 23.0 Å². The van der Waals surface area contributed by atoms with Crippen molar-refractivity contribution >= 4 is 11.9 Å². The SMILES string of the molecule is C#CCC1(C(=O)OCc2cnc(C)c(OO)c2COC(=O)C2(CCC)CC2)CC1. The van der Waals surface area contributed by atoms with E-state index in [0.29, 0.717) is 23.2 Å². The molecule has 0 unspecified atom stereocenters. The first kappa shape index (κ1) is 21.1. The van der Waals surface area contributed by atoms with Gasteiger partial charge in [0.25, 0.3) is 0 Å². The Morgan fingerprint density at radius 1 is 1.17 bits per heavy atom. The number of ether oxygens (including phenoxy) is 2. The molecular formula is C22H27NO6. The van der Waals surface area contributed by atoms with Crippen LogP contribution >= 0.6 is 0 Å². The molecule has 29 heavy (non-hydrogen) atoms. The lowest BCUT2D eigenvalue weighted by Crippen LogP contribution is -2.21. The molecule has 1 N–H and O–H groups in total. The summed E-state index contributed by atoms with van der Waals surface area (Å²) in [6.45, 7) is 3.54. The summed E-state index contributed by atoms with van der Waals surface area (Å²) in [5.41, 5.74) is 0.438. The van der Waals surface area contributed by atoms with Crippen LogP contribution in [-0.4, -0.2) is 22.2 Å². The normalized spacial score (nSPS) is 17.7. The van der Waals surface area contributed by atoms with Gasteiger partial charge in [-0.1, -0.05) is 13.3 Å². The van der Waals surface area contributed by atoms with Gasteiger partial charge in [0.05, 0.1) is 16.5 Å². The van der Waals surface area contributed by atoms with E-state index in [0.717, 1.165) is 38.5 Å². The summed E-state index contributed by atoms with van der Waals surface area (Å²) in [5, 5.41) is 9.32. The quantitative estimate of drug-likeness (QED) is 0.276.